The number of aromatic nitrogens is 2. The number of aliphatic carboxylic acids is 1. The number of hydrogen-bond donors (Lipinski definition) is 3. The number of carbonyl (C=O) groups is 2. The summed E-state index contributed by atoms with van der Waals surface area (Å²) in [5.41, 5.74) is 11.1. The van der Waals surface area contributed by atoms with Crippen LogP contribution in [0.4, 0.5) is 5.69 Å². The highest BCUT2D eigenvalue weighted by molar-refractivity contribution is 6.06. The molecule has 0 fully saturated rings. The van der Waals surface area contributed by atoms with Gasteiger partial charge in [-0.15, -0.1) is 0 Å². The van der Waals surface area contributed by atoms with Crippen LogP contribution in [0.3, 0.4) is 0 Å². The first-order valence-corrected chi connectivity index (χ1v) is 11.3. The van der Waals surface area contributed by atoms with Gasteiger partial charge in [0.1, 0.15) is 11.5 Å². The van der Waals surface area contributed by atoms with Gasteiger partial charge >= 0.3 is 5.97 Å². The minimum atomic E-state index is -0.960. The maximum absolute atomic E-state index is 13.4. The van der Waals surface area contributed by atoms with Crippen LogP contribution in [0.5, 0.6) is 0 Å². The molecule has 0 aliphatic heterocycles. The van der Waals surface area contributed by atoms with Gasteiger partial charge in [0.15, 0.2) is 0 Å². The topological polar surface area (TPSA) is 125 Å². The Morgan fingerprint density at radius 2 is 1.74 bits per heavy atom. The largest absolute Gasteiger partial charge is 0.481 e. The summed E-state index contributed by atoms with van der Waals surface area (Å²) in [7, 11) is 0. The summed E-state index contributed by atoms with van der Waals surface area (Å²) in [5.74, 6) is -1.18. The van der Waals surface area contributed by atoms with Crippen molar-refractivity contribution in [2.24, 2.45) is 5.73 Å². The molecule has 8 nitrogen and oxygen atoms in total. The normalized spacial score (nSPS) is 10.9. The van der Waals surface area contributed by atoms with Crippen molar-refractivity contribution < 1.29 is 14.7 Å². The maximum Gasteiger partial charge on any atom is 0.305 e. The Bertz CT molecular complexity index is 1380. The first kappa shape index (κ1) is 23.7. The summed E-state index contributed by atoms with van der Waals surface area (Å²) in [5, 5.41) is 16.6. The minimum absolute atomic E-state index is 0.0480. The average Bonchev–Trinajstić information content (AvgIpc) is 3.18. The van der Waals surface area contributed by atoms with Gasteiger partial charge in [-0.1, -0.05) is 42.5 Å². The third-order valence-corrected chi connectivity index (χ3v) is 5.99. The number of amidine groups is 1. The third-order valence-electron chi connectivity index (χ3n) is 5.99. The number of benzene rings is 2. The number of carbonyl (C=O) groups excluding carboxylic acids is 1. The van der Waals surface area contributed by atoms with E-state index in [-0.39, 0.29) is 24.7 Å². The molecule has 2 aromatic heterocycles. The van der Waals surface area contributed by atoms with E-state index >= 15 is 0 Å². The number of nitrogens with zero attached hydrogens (tertiary/aromatic N) is 3. The highest BCUT2D eigenvalue weighted by Crippen LogP contribution is 2.20. The van der Waals surface area contributed by atoms with Gasteiger partial charge in [0.05, 0.1) is 12.1 Å². The second-order valence-corrected chi connectivity index (χ2v) is 8.33. The summed E-state index contributed by atoms with van der Waals surface area (Å²) in [6.45, 7) is 2.07. The molecule has 4 aromatic rings. The van der Waals surface area contributed by atoms with Crippen molar-refractivity contribution in [2.45, 2.75) is 26.2 Å². The molecule has 0 spiro atoms. The number of amides is 1. The lowest BCUT2D eigenvalue weighted by molar-refractivity contribution is -0.136. The monoisotopic (exact) mass is 469 g/mol. The molecule has 2 aromatic carbocycles. The van der Waals surface area contributed by atoms with E-state index in [1.54, 1.807) is 24.3 Å². The standard InChI is InChI=1S/C27H27N5O3/c1-18-23(12-9-19-7-10-20(11-8-19)26(28)29)30-24-17-21(13-15-31(18)24)27(35)32(16-14-25(33)34)22-5-3-2-4-6-22/h2-8,10-11,13,15,17H,9,12,14,16H2,1H3,(H3,28,29)(H,33,34). The number of carboxylic acids is 1. The lowest BCUT2D eigenvalue weighted by Crippen LogP contribution is -2.33. The van der Waals surface area contributed by atoms with E-state index < -0.39 is 5.97 Å². The van der Waals surface area contributed by atoms with Crippen molar-refractivity contribution in [1.82, 2.24) is 9.38 Å². The molecule has 0 saturated heterocycles. The Balaban J connectivity index is 1.56. The number of nitrogens with one attached hydrogen (secondary N) is 1. The molecule has 1 amide bonds. The summed E-state index contributed by atoms with van der Waals surface area (Å²) in [6.07, 6.45) is 3.19. The highest BCUT2D eigenvalue weighted by atomic mass is 16.4. The van der Waals surface area contributed by atoms with Gasteiger partial charge in [0.2, 0.25) is 0 Å². The van der Waals surface area contributed by atoms with Crippen LogP contribution in [-0.4, -0.2) is 38.7 Å². The summed E-state index contributed by atoms with van der Waals surface area (Å²) >= 11 is 0. The molecular weight excluding hydrogens is 442 g/mol. The fraction of sp³-hybridized carbons (Fsp3) is 0.185. The molecule has 0 radical (unpaired) electrons. The van der Waals surface area contributed by atoms with Gasteiger partial charge in [-0.2, -0.15) is 0 Å². The van der Waals surface area contributed by atoms with Gasteiger partial charge in [0, 0.05) is 35.2 Å². The van der Waals surface area contributed by atoms with E-state index in [0.717, 1.165) is 29.8 Å². The van der Waals surface area contributed by atoms with Crippen LogP contribution in [0.2, 0.25) is 0 Å². The maximum atomic E-state index is 13.4. The molecule has 0 bridgehead atoms. The van der Waals surface area contributed by atoms with Crippen molar-refractivity contribution in [1.29, 1.82) is 5.41 Å². The molecular formula is C27H27N5O3. The molecule has 0 saturated carbocycles. The Hall–Kier alpha value is -4.46. The predicted octanol–water partition coefficient (Wildman–Crippen LogP) is 3.83. The van der Waals surface area contributed by atoms with Crippen LogP contribution in [0, 0.1) is 12.3 Å². The zero-order valence-electron chi connectivity index (χ0n) is 19.4. The lowest BCUT2D eigenvalue weighted by atomic mass is 10.1. The number of fused-ring (bicyclic) bond motifs is 1. The predicted molar refractivity (Wildman–Crippen MR) is 135 cm³/mol. The Kier molecular flexibility index (Phi) is 6.91. The third kappa shape index (κ3) is 5.38. The van der Waals surface area contributed by atoms with Gasteiger partial charge in [-0.25, -0.2) is 4.98 Å². The molecule has 0 unspecified atom stereocenters. The average molecular weight is 470 g/mol. The van der Waals surface area contributed by atoms with Crippen molar-refractivity contribution in [3.8, 4) is 0 Å². The smallest absolute Gasteiger partial charge is 0.305 e. The molecule has 0 aliphatic rings. The molecule has 8 heteroatoms. The quantitative estimate of drug-likeness (QED) is 0.254. The van der Waals surface area contributed by atoms with E-state index in [1.807, 2.05) is 60.0 Å². The fourth-order valence-electron chi connectivity index (χ4n) is 4.02. The van der Waals surface area contributed by atoms with Crippen molar-refractivity contribution in [3.63, 3.8) is 0 Å². The van der Waals surface area contributed by atoms with E-state index in [4.69, 9.17) is 21.2 Å². The fourth-order valence-corrected chi connectivity index (χ4v) is 4.02. The summed E-state index contributed by atoms with van der Waals surface area (Å²) < 4.78 is 1.95. The van der Waals surface area contributed by atoms with Crippen molar-refractivity contribution >= 4 is 29.0 Å². The molecule has 2 heterocycles. The minimum Gasteiger partial charge on any atom is -0.481 e. The van der Waals surface area contributed by atoms with E-state index in [2.05, 4.69) is 0 Å². The van der Waals surface area contributed by atoms with Crippen LogP contribution in [0.15, 0.2) is 72.9 Å². The Labute approximate surface area is 203 Å². The zero-order valence-corrected chi connectivity index (χ0v) is 19.4. The number of hydrogen-bond acceptors (Lipinski definition) is 4. The first-order valence-electron chi connectivity index (χ1n) is 11.3. The van der Waals surface area contributed by atoms with Crippen LogP contribution >= 0.6 is 0 Å². The number of anilines is 1. The van der Waals surface area contributed by atoms with Crippen molar-refractivity contribution in [3.05, 3.63) is 101 Å². The van der Waals surface area contributed by atoms with Crippen LogP contribution < -0.4 is 10.6 Å². The van der Waals surface area contributed by atoms with Crippen LogP contribution in [-0.2, 0) is 17.6 Å². The molecule has 178 valence electrons. The van der Waals surface area contributed by atoms with Gasteiger partial charge in [0.25, 0.3) is 5.91 Å². The Morgan fingerprint density at radius 3 is 2.40 bits per heavy atom. The van der Waals surface area contributed by atoms with Crippen molar-refractivity contribution in [2.75, 3.05) is 11.4 Å². The number of aryl methyl sites for hydroxylation is 3. The number of imidazole rings is 1. The highest BCUT2D eigenvalue weighted by Gasteiger charge is 2.20. The second kappa shape index (κ2) is 10.2. The van der Waals surface area contributed by atoms with Crippen LogP contribution in [0.1, 0.15) is 39.3 Å². The number of pyridine rings is 1. The second-order valence-electron chi connectivity index (χ2n) is 8.33. The molecule has 4 N–H and O–H groups in total. The molecule has 0 atom stereocenters. The Morgan fingerprint density at radius 1 is 1.03 bits per heavy atom. The van der Waals surface area contributed by atoms with E-state index in [0.29, 0.717) is 22.5 Å². The number of nitrogens with two attached hydrogens (primary N) is 1. The number of rotatable bonds is 9. The zero-order chi connectivity index (χ0) is 24.9. The SMILES string of the molecule is Cc1c(CCc2ccc(C(=N)N)cc2)nc2cc(C(=O)N(CCC(=O)O)c3ccccc3)ccn12. The molecule has 0 aliphatic carbocycles. The van der Waals surface area contributed by atoms with E-state index in [9.17, 15) is 9.59 Å². The lowest BCUT2D eigenvalue weighted by Gasteiger charge is -2.22. The number of para-hydroxylation sites is 1. The van der Waals surface area contributed by atoms with Gasteiger partial charge in [-0.05, 0) is 49.6 Å². The van der Waals surface area contributed by atoms with Crippen LogP contribution in [0.25, 0.3) is 5.65 Å². The summed E-state index contributed by atoms with van der Waals surface area (Å²) in [4.78, 5) is 30.8. The molecule has 35 heavy (non-hydrogen) atoms. The van der Waals surface area contributed by atoms with Gasteiger partial charge in [-0.3, -0.25) is 15.0 Å². The summed E-state index contributed by atoms with van der Waals surface area (Å²) in [6, 6.07) is 20.2. The number of nitrogen functional groups attached to an aromatic ring is 1. The first-order chi connectivity index (χ1) is 16.8. The van der Waals surface area contributed by atoms with E-state index in [1.165, 1.54) is 4.90 Å². The van der Waals surface area contributed by atoms with Gasteiger partial charge < -0.3 is 20.1 Å². The molecule has 4 rings (SSSR count). The number of carboxylic acid groups (broad SMARTS) is 1.